The molecule has 2 atom stereocenters. The second-order valence-corrected chi connectivity index (χ2v) is 6.68. The van der Waals surface area contributed by atoms with Gasteiger partial charge in [0.2, 0.25) is 0 Å². The number of rotatable bonds is 4. The van der Waals surface area contributed by atoms with E-state index in [4.69, 9.17) is 13.6 Å². The number of aromatic nitrogens is 1. The molecular weight excluding hydrogens is 288 g/mol. The van der Waals surface area contributed by atoms with Crippen LogP contribution in [-0.4, -0.2) is 49.8 Å². The van der Waals surface area contributed by atoms with E-state index < -0.39 is 6.98 Å². The third kappa shape index (κ3) is 2.74. The maximum atomic E-state index is 7.85. The van der Waals surface area contributed by atoms with Crippen molar-refractivity contribution >= 4 is 10.9 Å². The molecule has 0 bridgehead atoms. The summed E-state index contributed by atoms with van der Waals surface area (Å²) in [4.78, 5) is 5.29. The zero-order valence-electron chi connectivity index (χ0n) is 16.6. The minimum Gasteiger partial charge on any atom is -0.497 e. The lowest BCUT2D eigenvalue weighted by Gasteiger charge is -2.20. The first-order chi connectivity index (χ1) is 12.5. The smallest absolute Gasteiger partial charge is 0.119 e. The molecule has 1 N–H and O–H groups in total. The van der Waals surface area contributed by atoms with Crippen LogP contribution in [-0.2, 0) is 11.2 Å². The molecule has 0 amide bonds. The Morgan fingerprint density at radius 3 is 3.17 bits per heavy atom. The van der Waals surface area contributed by atoms with E-state index in [-0.39, 0.29) is 6.04 Å². The second kappa shape index (κ2) is 6.17. The number of likely N-dealkylation sites (N-methyl/N-ethyl adjacent to an activating group) is 1. The van der Waals surface area contributed by atoms with Crippen molar-refractivity contribution in [1.82, 2.24) is 9.88 Å². The first kappa shape index (κ1) is 11.9. The van der Waals surface area contributed by atoms with E-state index in [1.165, 1.54) is 11.3 Å². The molecule has 2 aliphatic rings. The van der Waals surface area contributed by atoms with Crippen LogP contribution in [0.4, 0.5) is 0 Å². The monoisotopic (exact) mass is 317 g/mol. The third-order valence-corrected chi connectivity index (χ3v) is 5.30. The van der Waals surface area contributed by atoms with Crippen molar-refractivity contribution in [2.24, 2.45) is 0 Å². The van der Waals surface area contributed by atoms with Crippen molar-refractivity contribution in [3.63, 3.8) is 0 Å². The van der Waals surface area contributed by atoms with E-state index in [0.29, 0.717) is 12.5 Å². The van der Waals surface area contributed by atoms with Crippen LogP contribution in [0.25, 0.3) is 10.9 Å². The van der Waals surface area contributed by atoms with Crippen molar-refractivity contribution in [2.45, 2.75) is 37.6 Å². The molecule has 0 unspecified atom stereocenters. The minimum atomic E-state index is -2.03. The number of methoxy groups -OCH3 is 1. The molecule has 124 valence electrons. The first-order valence-corrected chi connectivity index (χ1v) is 8.50. The van der Waals surface area contributed by atoms with E-state index in [9.17, 15) is 0 Å². The van der Waals surface area contributed by atoms with Gasteiger partial charge < -0.3 is 19.4 Å². The summed E-state index contributed by atoms with van der Waals surface area (Å²) in [5, 5.41) is 1.14. The van der Waals surface area contributed by atoms with Crippen LogP contribution in [0, 0.1) is 0 Å². The fourth-order valence-electron chi connectivity index (χ4n) is 3.99. The summed E-state index contributed by atoms with van der Waals surface area (Å²) >= 11 is 0. The number of ether oxygens (including phenoxy) is 2. The number of hydrogen-bond donors (Lipinski definition) is 1. The highest BCUT2D eigenvalue weighted by atomic mass is 16.5. The average Bonchev–Trinajstić information content (AvgIpc) is 3.34. The number of nitrogens with zero attached hydrogens (tertiary/aromatic N) is 1. The lowest BCUT2D eigenvalue weighted by Crippen LogP contribution is -2.27. The number of aromatic amines is 1. The normalized spacial score (nSPS) is 28.0. The summed E-state index contributed by atoms with van der Waals surface area (Å²) < 4.78 is 34.6. The Balaban J connectivity index is 1.74. The van der Waals surface area contributed by atoms with Gasteiger partial charge in [-0.05, 0) is 63.0 Å². The Morgan fingerprint density at radius 2 is 2.39 bits per heavy atom. The fraction of sp³-hybridized carbons (Fsp3) is 0.579. The molecule has 2 saturated heterocycles. The topological polar surface area (TPSA) is 37.5 Å². The fourth-order valence-corrected chi connectivity index (χ4v) is 3.99. The Labute approximate surface area is 142 Å². The third-order valence-electron chi connectivity index (χ3n) is 5.30. The Bertz CT molecular complexity index is 781. The van der Waals surface area contributed by atoms with Crippen molar-refractivity contribution in [1.29, 1.82) is 0 Å². The lowest BCUT2D eigenvalue weighted by molar-refractivity contribution is 0.193. The van der Waals surface area contributed by atoms with Gasteiger partial charge in [-0.15, -0.1) is 0 Å². The molecule has 4 rings (SSSR count). The van der Waals surface area contributed by atoms with Crippen LogP contribution in [0.5, 0.6) is 5.75 Å². The van der Waals surface area contributed by atoms with Crippen LogP contribution in [0.2, 0.25) is 0 Å². The van der Waals surface area contributed by atoms with Crippen molar-refractivity contribution in [2.75, 3.05) is 33.8 Å². The summed E-state index contributed by atoms with van der Waals surface area (Å²) in [6.45, 7) is 0.133. The summed E-state index contributed by atoms with van der Waals surface area (Å²) in [6.07, 6.45) is 3.62. The maximum absolute atomic E-state index is 7.85. The average molecular weight is 317 g/mol. The van der Waals surface area contributed by atoms with Gasteiger partial charge in [0.15, 0.2) is 0 Å². The van der Waals surface area contributed by atoms with E-state index >= 15 is 0 Å². The summed E-state index contributed by atoms with van der Waals surface area (Å²) in [5.74, 6) is 1.18. The van der Waals surface area contributed by atoms with Gasteiger partial charge >= 0.3 is 0 Å². The van der Waals surface area contributed by atoms with Crippen LogP contribution in [0.1, 0.15) is 40.6 Å². The highest BCUT2D eigenvalue weighted by Crippen LogP contribution is 2.36. The second-order valence-electron chi connectivity index (χ2n) is 6.68. The van der Waals surface area contributed by atoms with Gasteiger partial charge in [0.05, 0.1) is 13.7 Å². The molecule has 2 aliphatic heterocycles. The number of H-pyrrole nitrogens is 1. The van der Waals surface area contributed by atoms with E-state index in [1.54, 1.807) is 12.0 Å². The molecule has 23 heavy (non-hydrogen) atoms. The van der Waals surface area contributed by atoms with Crippen LogP contribution >= 0.6 is 0 Å². The maximum Gasteiger partial charge on any atom is 0.119 e. The zero-order valence-corrected chi connectivity index (χ0v) is 13.6. The lowest BCUT2D eigenvalue weighted by atomic mass is 9.94. The summed E-state index contributed by atoms with van der Waals surface area (Å²) in [6, 6.07) is 6.12. The van der Waals surface area contributed by atoms with E-state index in [2.05, 4.69) is 11.1 Å². The van der Waals surface area contributed by atoms with Crippen LogP contribution < -0.4 is 4.74 Å². The van der Waals surface area contributed by atoms with Crippen molar-refractivity contribution < 1.29 is 13.6 Å². The van der Waals surface area contributed by atoms with Crippen molar-refractivity contribution in [3.05, 3.63) is 29.5 Å². The van der Waals surface area contributed by atoms with Gasteiger partial charge in [0.25, 0.3) is 0 Å². The van der Waals surface area contributed by atoms with Gasteiger partial charge in [-0.1, -0.05) is 0 Å². The zero-order chi connectivity index (χ0) is 18.3. The molecule has 2 fully saturated rings. The van der Waals surface area contributed by atoms with Gasteiger partial charge in [-0.2, -0.15) is 0 Å². The molecule has 3 heterocycles. The minimum absolute atomic E-state index is 0.0498. The Hall–Kier alpha value is -1.52. The highest BCUT2D eigenvalue weighted by molar-refractivity contribution is 5.86. The number of likely N-dealkylation sites (tertiary alicyclic amines) is 1. The molecule has 1 aromatic heterocycles. The molecule has 0 saturated carbocycles. The number of hydrogen-bond acceptors (Lipinski definition) is 3. The molecule has 2 aromatic rings. The standard InChI is InChI=1S/C19H26N2O2/c1-21-8-3-4-14(21)10-17-16-11-15(22-2)5-6-18(16)20-19(17)13-7-9-23-12-13/h5-6,11,13-14,20H,3-4,7-10,12H2,1-2H3/t13-,14-/m1/s1/i1D3. The van der Waals surface area contributed by atoms with E-state index in [0.717, 1.165) is 55.5 Å². The molecule has 0 aliphatic carbocycles. The largest absolute Gasteiger partial charge is 0.497 e. The SMILES string of the molecule is [2H]C([2H])([2H])N1CCC[C@@H]1Cc1c([C@@H]2CCOC2)[nH]c2ccc(OC)cc12. The number of nitrogens with one attached hydrogen (secondary N) is 1. The van der Waals surface area contributed by atoms with E-state index in [1.807, 2.05) is 12.1 Å². The Kier molecular flexibility index (Phi) is 3.20. The summed E-state index contributed by atoms with van der Waals surface area (Å²) in [5.41, 5.74) is 3.53. The molecule has 1 aromatic carbocycles. The molecule has 0 radical (unpaired) electrons. The molecule has 4 nitrogen and oxygen atoms in total. The number of fused-ring (bicyclic) bond motifs is 1. The predicted octanol–water partition coefficient (Wildman–Crippen LogP) is 3.32. The quantitative estimate of drug-likeness (QED) is 0.940. The molecule has 0 spiro atoms. The van der Waals surface area contributed by atoms with Crippen molar-refractivity contribution in [3.8, 4) is 5.75 Å². The predicted molar refractivity (Wildman–Crippen MR) is 92.4 cm³/mol. The van der Waals surface area contributed by atoms with Crippen LogP contribution in [0.3, 0.4) is 0 Å². The highest BCUT2D eigenvalue weighted by Gasteiger charge is 2.28. The van der Waals surface area contributed by atoms with Gasteiger partial charge in [0, 0.05) is 39.3 Å². The molecular formula is C19H26N2O2. The molecule has 4 heteroatoms. The van der Waals surface area contributed by atoms with Gasteiger partial charge in [0.1, 0.15) is 5.75 Å². The first-order valence-electron chi connectivity index (χ1n) is 10.0. The van der Waals surface area contributed by atoms with Gasteiger partial charge in [-0.25, -0.2) is 0 Å². The number of benzene rings is 1. The summed E-state index contributed by atoms with van der Waals surface area (Å²) in [7, 11) is 1.67. The van der Waals surface area contributed by atoms with Gasteiger partial charge in [-0.3, -0.25) is 0 Å². The Morgan fingerprint density at radius 1 is 1.43 bits per heavy atom. The van der Waals surface area contributed by atoms with Crippen LogP contribution in [0.15, 0.2) is 18.2 Å².